The molecule has 3 heterocycles. The summed E-state index contributed by atoms with van der Waals surface area (Å²) < 4.78 is 7.45. The van der Waals surface area contributed by atoms with Gasteiger partial charge in [0.25, 0.3) is 0 Å². The maximum atomic E-state index is 12.8. The third-order valence-corrected chi connectivity index (χ3v) is 5.72. The van der Waals surface area contributed by atoms with Crippen LogP contribution in [0.3, 0.4) is 0 Å². The lowest BCUT2D eigenvalue weighted by Gasteiger charge is -2.45. The summed E-state index contributed by atoms with van der Waals surface area (Å²) in [5.41, 5.74) is 0. The van der Waals surface area contributed by atoms with Crippen LogP contribution in [0.2, 0.25) is 0 Å². The van der Waals surface area contributed by atoms with Crippen molar-refractivity contribution in [1.29, 1.82) is 0 Å². The number of rotatable bonds is 7. The maximum Gasteiger partial charge on any atom is 0.242 e. The first kappa shape index (κ1) is 19.3. The first-order chi connectivity index (χ1) is 12.7. The number of amides is 1. The number of likely N-dealkylation sites (tertiary alicyclic amines) is 1. The largest absolute Gasteiger partial charge is 0.396 e. The molecule has 0 saturated carbocycles. The summed E-state index contributed by atoms with van der Waals surface area (Å²) in [6, 6.07) is 0.494. The number of imidazole rings is 1. The number of piperidine rings is 1. The minimum atomic E-state index is 0.173. The van der Waals surface area contributed by atoms with Crippen molar-refractivity contribution in [2.24, 2.45) is 5.92 Å². The van der Waals surface area contributed by atoms with E-state index in [1.165, 1.54) is 0 Å². The Balaban J connectivity index is 1.62. The van der Waals surface area contributed by atoms with Crippen molar-refractivity contribution in [3.63, 3.8) is 0 Å². The van der Waals surface area contributed by atoms with E-state index in [1.54, 1.807) is 6.20 Å². The van der Waals surface area contributed by atoms with E-state index in [2.05, 4.69) is 16.8 Å². The van der Waals surface area contributed by atoms with E-state index in [0.717, 1.165) is 70.9 Å². The van der Waals surface area contributed by atoms with Crippen molar-refractivity contribution in [3.05, 3.63) is 18.2 Å². The Bertz CT molecular complexity index is 571. The molecular weight excluding hydrogens is 332 g/mol. The number of ether oxygens (including phenoxy) is 1. The van der Waals surface area contributed by atoms with Gasteiger partial charge in [-0.15, -0.1) is 0 Å². The van der Waals surface area contributed by atoms with Gasteiger partial charge in [0, 0.05) is 57.6 Å². The van der Waals surface area contributed by atoms with Gasteiger partial charge in [0.2, 0.25) is 5.91 Å². The molecule has 2 fully saturated rings. The fraction of sp³-hybridized carbons (Fsp3) is 0.789. The van der Waals surface area contributed by atoms with Gasteiger partial charge in [-0.1, -0.05) is 6.92 Å². The van der Waals surface area contributed by atoms with E-state index in [-0.39, 0.29) is 12.5 Å². The fourth-order valence-corrected chi connectivity index (χ4v) is 4.32. The summed E-state index contributed by atoms with van der Waals surface area (Å²) in [7, 11) is 0. The third-order valence-electron chi connectivity index (χ3n) is 5.72. The summed E-state index contributed by atoms with van der Waals surface area (Å²) in [5, 5.41) is 9.27. The Hall–Kier alpha value is -1.44. The zero-order valence-corrected chi connectivity index (χ0v) is 15.8. The topological polar surface area (TPSA) is 70.8 Å². The molecule has 1 aromatic rings. The van der Waals surface area contributed by atoms with Crippen LogP contribution < -0.4 is 0 Å². The second-order valence-electron chi connectivity index (χ2n) is 7.29. The number of aliphatic hydroxyl groups is 1. The predicted molar refractivity (Wildman–Crippen MR) is 98.8 cm³/mol. The smallest absolute Gasteiger partial charge is 0.242 e. The first-order valence-electron chi connectivity index (χ1n) is 9.93. The van der Waals surface area contributed by atoms with Gasteiger partial charge in [0.15, 0.2) is 0 Å². The molecule has 0 aromatic carbocycles. The van der Waals surface area contributed by atoms with Crippen LogP contribution in [0, 0.1) is 5.92 Å². The quantitative estimate of drug-likeness (QED) is 0.774. The normalized spacial score (nSPS) is 24.8. The standard InChI is InChI=1S/C19H32N4O3/c1-2-18-20-6-8-22(18)15-19(25)23-7-5-17(16(14-23)4-3-11-24)21-9-12-26-13-10-21/h6,8,16-17,24H,2-5,7,9-15H2,1H3/t16-,17+/m1/s1. The zero-order valence-electron chi connectivity index (χ0n) is 15.8. The van der Waals surface area contributed by atoms with Gasteiger partial charge in [-0.25, -0.2) is 4.98 Å². The molecule has 2 saturated heterocycles. The molecule has 7 heteroatoms. The van der Waals surface area contributed by atoms with Crippen molar-refractivity contribution < 1.29 is 14.6 Å². The highest BCUT2D eigenvalue weighted by Crippen LogP contribution is 2.27. The number of carbonyl (C=O) groups excluding carboxylic acids is 1. The molecule has 2 aliphatic heterocycles. The van der Waals surface area contributed by atoms with Gasteiger partial charge >= 0.3 is 0 Å². The molecule has 2 atom stereocenters. The van der Waals surface area contributed by atoms with E-state index in [0.29, 0.717) is 18.5 Å². The molecule has 1 N–H and O–H groups in total. The van der Waals surface area contributed by atoms with E-state index in [4.69, 9.17) is 4.74 Å². The number of morpholine rings is 1. The molecule has 26 heavy (non-hydrogen) atoms. The predicted octanol–water partition coefficient (Wildman–Crippen LogP) is 0.767. The Morgan fingerprint density at radius 2 is 2.15 bits per heavy atom. The molecule has 2 aliphatic rings. The van der Waals surface area contributed by atoms with E-state index in [1.807, 2.05) is 15.7 Å². The zero-order chi connectivity index (χ0) is 18.4. The molecule has 0 aliphatic carbocycles. The fourth-order valence-electron chi connectivity index (χ4n) is 4.32. The molecular formula is C19H32N4O3. The van der Waals surface area contributed by atoms with Crippen LogP contribution in [0.4, 0.5) is 0 Å². The lowest BCUT2D eigenvalue weighted by molar-refractivity contribution is -0.135. The third kappa shape index (κ3) is 4.64. The highest BCUT2D eigenvalue weighted by molar-refractivity contribution is 5.76. The van der Waals surface area contributed by atoms with Gasteiger partial charge in [0.05, 0.1) is 13.2 Å². The van der Waals surface area contributed by atoms with Crippen LogP contribution in [0.25, 0.3) is 0 Å². The van der Waals surface area contributed by atoms with E-state index in [9.17, 15) is 9.90 Å². The van der Waals surface area contributed by atoms with E-state index >= 15 is 0 Å². The Labute approximate surface area is 155 Å². The van der Waals surface area contributed by atoms with Crippen LogP contribution >= 0.6 is 0 Å². The monoisotopic (exact) mass is 364 g/mol. The van der Waals surface area contributed by atoms with Crippen LogP contribution in [0.1, 0.15) is 32.0 Å². The van der Waals surface area contributed by atoms with Gasteiger partial charge in [0.1, 0.15) is 12.4 Å². The molecule has 146 valence electrons. The highest BCUT2D eigenvalue weighted by atomic mass is 16.5. The van der Waals surface area contributed by atoms with Gasteiger partial charge < -0.3 is 19.3 Å². The minimum Gasteiger partial charge on any atom is -0.396 e. The number of aliphatic hydroxyl groups excluding tert-OH is 1. The molecule has 0 radical (unpaired) electrons. The molecule has 1 amide bonds. The van der Waals surface area contributed by atoms with Crippen molar-refractivity contribution in [1.82, 2.24) is 19.4 Å². The summed E-state index contributed by atoms with van der Waals surface area (Å²) >= 11 is 0. The van der Waals surface area contributed by atoms with Crippen molar-refractivity contribution in [2.75, 3.05) is 46.0 Å². The Kier molecular flexibility index (Phi) is 7.05. The molecule has 1 aromatic heterocycles. The van der Waals surface area contributed by atoms with Crippen LogP contribution in [-0.4, -0.2) is 82.4 Å². The molecule has 0 bridgehead atoms. The highest BCUT2D eigenvalue weighted by Gasteiger charge is 2.35. The van der Waals surface area contributed by atoms with Crippen LogP contribution in [-0.2, 0) is 22.5 Å². The first-order valence-corrected chi connectivity index (χ1v) is 9.93. The summed E-state index contributed by atoms with van der Waals surface area (Å²) in [6.45, 7) is 7.80. The van der Waals surface area contributed by atoms with E-state index < -0.39 is 0 Å². The number of carbonyl (C=O) groups is 1. The second-order valence-corrected chi connectivity index (χ2v) is 7.29. The lowest BCUT2D eigenvalue weighted by Crippen LogP contribution is -2.55. The average molecular weight is 364 g/mol. The SMILES string of the molecule is CCc1nccn1CC(=O)N1CC[C@H](N2CCOCC2)[C@H](CCCO)C1. The molecule has 0 unspecified atom stereocenters. The summed E-state index contributed by atoms with van der Waals surface area (Å²) in [6.07, 6.45) is 7.26. The molecule has 7 nitrogen and oxygen atoms in total. The minimum absolute atomic E-state index is 0.173. The average Bonchev–Trinajstić information content (AvgIpc) is 3.14. The summed E-state index contributed by atoms with van der Waals surface area (Å²) in [5.74, 6) is 1.55. The lowest BCUT2D eigenvalue weighted by atomic mass is 9.86. The second kappa shape index (κ2) is 9.48. The number of nitrogens with zero attached hydrogens (tertiary/aromatic N) is 4. The van der Waals surface area contributed by atoms with Crippen molar-refractivity contribution >= 4 is 5.91 Å². The summed E-state index contributed by atoms with van der Waals surface area (Å²) in [4.78, 5) is 21.7. The molecule has 3 rings (SSSR count). The van der Waals surface area contributed by atoms with Crippen molar-refractivity contribution in [2.45, 2.75) is 45.2 Å². The molecule has 0 spiro atoms. The number of aryl methyl sites for hydroxylation is 1. The number of hydrogen-bond donors (Lipinski definition) is 1. The number of aromatic nitrogens is 2. The van der Waals surface area contributed by atoms with Gasteiger partial charge in [-0.05, 0) is 25.2 Å². The van der Waals surface area contributed by atoms with Crippen molar-refractivity contribution in [3.8, 4) is 0 Å². The van der Waals surface area contributed by atoms with Crippen LogP contribution in [0.5, 0.6) is 0 Å². The Morgan fingerprint density at radius 3 is 2.88 bits per heavy atom. The van der Waals surface area contributed by atoms with Gasteiger partial charge in [-0.3, -0.25) is 9.69 Å². The maximum absolute atomic E-state index is 12.8. The van der Waals surface area contributed by atoms with Gasteiger partial charge in [-0.2, -0.15) is 0 Å². The van der Waals surface area contributed by atoms with Crippen LogP contribution in [0.15, 0.2) is 12.4 Å². The Morgan fingerprint density at radius 1 is 1.35 bits per heavy atom. The number of hydrogen-bond acceptors (Lipinski definition) is 5.